The monoisotopic (exact) mass is 404 g/mol. The number of aromatic nitrogens is 1. The maximum atomic E-state index is 3.79. The van der Waals surface area contributed by atoms with Crippen molar-refractivity contribution < 1.29 is 0 Å². The standard InChI is InChI=1S/C26H36N4/c1-28(2)15-6-16-30-20-12-23-21-25(9-10-26(23)30)27-24-13-18-29(19-14-24)17-11-22-7-4-3-5-8-22/h3-5,7-10,12,20-21,24,27H,6,11,13-19H2,1-2H3. The van der Waals surface area contributed by atoms with Crippen molar-refractivity contribution in [3.05, 3.63) is 66.4 Å². The second-order valence-corrected chi connectivity index (χ2v) is 8.94. The van der Waals surface area contributed by atoms with Gasteiger partial charge in [-0.25, -0.2) is 0 Å². The van der Waals surface area contributed by atoms with Crippen LogP contribution in [0.3, 0.4) is 0 Å². The highest BCUT2D eigenvalue weighted by Crippen LogP contribution is 2.23. The molecule has 0 unspecified atom stereocenters. The molecule has 1 aliphatic rings. The van der Waals surface area contributed by atoms with Gasteiger partial charge in [0, 0.05) is 55.0 Å². The molecule has 0 bridgehead atoms. The lowest BCUT2D eigenvalue weighted by molar-refractivity contribution is 0.221. The van der Waals surface area contributed by atoms with Gasteiger partial charge in [0.25, 0.3) is 0 Å². The fourth-order valence-corrected chi connectivity index (χ4v) is 4.51. The van der Waals surface area contributed by atoms with E-state index < -0.39 is 0 Å². The van der Waals surface area contributed by atoms with Crippen LogP contribution in [0.1, 0.15) is 24.8 Å². The smallest absolute Gasteiger partial charge is 0.0481 e. The number of benzene rings is 2. The maximum Gasteiger partial charge on any atom is 0.0481 e. The van der Waals surface area contributed by atoms with Gasteiger partial charge >= 0.3 is 0 Å². The Balaban J connectivity index is 1.25. The van der Waals surface area contributed by atoms with Crippen LogP contribution in [0, 0.1) is 0 Å². The fourth-order valence-electron chi connectivity index (χ4n) is 4.51. The molecule has 0 spiro atoms. The van der Waals surface area contributed by atoms with Crippen LogP contribution in [0.25, 0.3) is 10.9 Å². The molecule has 2 aromatic carbocycles. The highest BCUT2D eigenvalue weighted by atomic mass is 15.1. The van der Waals surface area contributed by atoms with E-state index in [0.29, 0.717) is 6.04 Å². The van der Waals surface area contributed by atoms with Gasteiger partial charge in [-0.2, -0.15) is 0 Å². The van der Waals surface area contributed by atoms with Gasteiger partial charge in [-0.1, -0.05) is 30.3 Å². The van der Waals surface area contributed by atoms with E-state index >= 15 is 0 Å². The van der Waals surface area contributed by atoms with Crippen molar-refractivity contribution in [1.29, 1.82) is 0 Å². The molecule has 0 saturated carbocycles. The van der Waals surface area contributed by atoms with Crippen molar-refractivity contribution in [3.8, 4) is 0 Å². The summed E-state index contributed by atoms with van der Waals surface area (Å²) >= 11 is 0. The Kier molecular flexibility index (Phi) is 7.08. The number of rotatable bonds is 9. The zero-order chi connectivity index (χ0) is 20.8. The van der Waals surface area contributed by atoms with Gasteiger partial charge in [0.05, 0.1) is 0 Å². The quantitative estimate of drug-likeness (QED) is 0.559. The summed E-state index contributed by atoms with van der Waals surface area (Å²) in [6, 6.07) is 20.5. The third-order valence-electron chi connectivity index (χ3n) is 6.29. The molecule has 0 amide bonds. The minimum atomic E-state index is 0.581. The molecule has 1 saturated heterocycles. The molecule has 4 heteroatoms. The maximum absolute atomic E-state index is 3.79. The van der Waals surface area contributed by atoms with E-state index in [4.69, 9.17) is 0 Å². The first-order valence-electron chi connectivity index (χ1n) is 11.4. The summed E-state index contributed by atoms with van der Waals surface area (Å²) < 4.78 is 2.38. The molecule has 1 fully saturated rings. The van der Waals surface area contributed by atoms with Gasteiger partial charge in [-0.3, -0.25) is 0 Å². The molecule has 4 nitrogen and oxygen atoms in total. The lowest BCUT2D eigenvalue weighted by Crippen LogP contribution is -2.40. The molecule has 0 atom stereocenters. The molecule has 0 radical (unpaired) electrons. The fraction of sp³-hybridized carbons (Fsp3) is 0.462. The number of piperidine rings is 1. The van der Waals surface area contributed by atoms with E-state index in [9.17, 15) is 0 Å². The van der Waals surface area contributed by atoms with Crippen LogP contribution in [-0.4, -0.2) is 60.7 Å². The highest BCUT2D eigenvalue weighted by Gasteiger charge is 2.19. The Hall–Kier alpha value is -2.30. The zero-order valence-corrected chi connectivity index (χ0v) is 18.6. The van der Waals surface area contributed by atoms with Gasteiger partial charge in [-0.15, -0.1) is 0 Å². The van der Waals surface area contributed by atoms with Crippen LogP contribution < -0.4 is 5.32 Å². The number of anilines is 1. The summed E-state index contributed by atoms with van der Waals surface area (Å²) in [7, 11) is 4.28. The molecule has 1 aliphatic heterocycles. The number of hydrogen-bond donors (Lipinski definition) is 1. The topological polar surface area (TPSA) is 23.4 Å². The van der Waals surface area contributed by atoms with E-state index in [1.807, 2.05) is 0 Å². The predicted molar refractivity (Wildman–Crippen MR) is 128 cm³/mol. The molecule has 1 N–H and O–H groups in total. The van der Waals surface area contributed by atoms with Gasteiger partial charge < -0.3 is 19.7 Å². The first-order chi connectivity index (χ1) is 14.7. The van der Waals surface area contributed by atoms with Gasteiger partial charge in [0.15, 0.2) is 0 Å². The number of nitrogens with zero attached hydrogens (tertiary/aromatic N) is 3. The highest BCUT2D eigenvalue weighted by molar-refractivity contribution is 5.83. The van der Waals surface area contributed by atoms with Crippen molar-refractivity contribution in [2.24, 2.45) is 0 Å². The zero-order valence-electron chi connectivity index (χ0n) is 18.6. The number of likely N-dealkylation sites (tertiary alicyclic amines) is 1. The average Bonchev–Trinajstić information content (AvgIpc) is 3.16. The Morgan fingerprint density at radius 3 is 2.53 bits per heavy atom. The lowest BCUT2D eigenvalue weighted by atomic mass is 10.0. The molecule has 2 heterocycles. The second-order valence-electron chi connectivity index (χ2n) is 8.94. The summed E-state index contributed by atoms with van der Waals surface area (Å²) in [5, 5.41) is 5.13. The van der Waals surface area contributed by atoms with Gasteiger partial charge in [0.2, 0.25) is 0 Å². The van der Waals surface area contributed by atoms with Crippen molar-refractivity contribution in [2.75, 3.05) is 45.6 Å². The predicted octanol–water partition coefficient (Wildman–Crippen LogP) is 4.71. The van der Waals surface area contributed by atoms with Crippen LogP contribution in [0.5, 0.6) is 0 Å². The molecular weight excluding hydrogens is 368 g/mol. The van der Waals surface area contributed by atoms with Gasteiger partial charge in [-0.05, 0) is 76.2 Å². The van der Waals surface area contributed by atoms with Crippen molar-refractivity contribution in [1.82, 2.24) is 14.4 Å². The van der Waals surface area contributed by atoms with Crippen molar-refractivity contribution in [3.63, 3.8) is 0 Å². The summed E-state index contributed by atoms with van der Waals surface area (Å²) in [6.07, 6.45) is 7.01. The first-order valence-corrected chi connectivity index (χ1v) is 11.4. The molecule has 30 heavy (non-hydrogen) atoms. The average molecular weight is 405 g/mol. The van der Waals surface area contributed by atoms with Crippen LogP contribution in [0.4, 0.5) is 5.69 Å². The van der Waals surface area contributed by atoms with Gasteiger partial charge in [0.1, 0.15) is 0 Å². The van der Waals surface area contributed by atoms with Crippen molar-refractivity contribution >= 4 is 16.6 Å². The third kappa shape index (κ3) is 5.65. The van der Waals surface area contributed by atoms with E-state index in [0.717, 1.165) is 19.5 Å². The molecule has 160 valence electrons. The minimum absolute atomic E-state index is 0.581. The first kappa shape index (κ1) is 21.0. The second kappa shape index (κ2) is 10.1. The molecule has 1 aromatic heterocycles. The molecule has 4 rings (SSSR count). The number of aryl methyl sites for hydroxylation is 1. The molecule has 0 aliphatic carbocycles. The Labute approximate surface area is 181 Å². The number of fused-ring (bicyclic) bond motifs is 1. The SMILES string of the molecule is CN(C)CCCn1ccc2cc(NC3CCN(CCc4ccccc4)CC3)ccc21. The normalized spacial score (nSPS) is 15.8. The van der Waals surface area contributed by atoms with Crippen LogP contribution in [0.2, 0.25) is 0 Å². The Morgan fingerprint density at radius 2 is 1.77 bits per heavy atom. The Morgan fingerprint density at radius 1 is 0.967 bits per heavy atom. The van der Waals surface area contributed by atoms with Crippen LogP contribution in [-0.2, 0) is 13.0 Å². The number of hydrogen-bond acceptors (Lipinski definition) is 3. The Bertz CT molecular complexity index is 907. The van der Waals surface area contributed by atoms with E-state index in [2.05, 4.69) is 94.6 Å². The summed E-state index contributed by atoms with van der Waals surface area (Å²) in [4.78, 5) is 4.86. The lowest BCUT2D eigenvalue weighted by Gasteiger charge is -2.33. The van der Waals surface area contributed by atoms with E-state index in [-0.39, 0.29) is 0 Å². The van der Waals surface area contributed by atoms with Crippen molar-refractivity contribution in [2.45, 2.75) is 38.3 Å². The molecular formula is C26H36N4. The largest absolute Gasteiger partial charge is 0.382 e. The van der Waals surface area contributed by atoms with Crippen LogP contribution >= 0.6 is 0 Å². The van der Waals surface area contributed by atoms with E-state index in [1.54, 1.807) is 0 Å². The number of nitrogens with one attached hydrogen (secondary N) is 1. The summed E-state index contributed by atoms with van der Waals surface area (Å²) in [5.41, 5.74) is 4.05. The third-order valence-corrected chi connectivity index (χ3v) is 6.29. The van der Waals surface area contributed by atoms with E-state index in [1.165, 1.54) is 61.1 Å². The minimum Gasteiger partial charge on any atom is -0.382 e. The molecule has 3 aromatic rings. The van der Waals surface area contributed by atoms with Crippen LogP contribution in [0.15, 0.2) is 60.8 Å². The summed E-state index contributed by atoms with van der Waals surface area (Å²) in [6.45, 7) is 5.76. The summed E-state index contributed by atoms with van der Waals surface area (Å²) in [5.74, 6) is 0.